The molecular formula is C33H31Cl2N5O3. The predicted molar refractivity (Wildman–Crippen MR) is 168 cm³/mol. The summed E-state index contributed by atoms with van der Waals surface area (Å²) in [6, 6.07) is 21.8. The van der Waals surface area contributed by atoms with Gasteiger partial charge in [-0.05, 0) is 74.2 Å². The van der Waals surface area contributed by atoms with Gasteiger partial charge in [0.2, 0.25) is 5.95 Å². The van der Waals surface area contributed by atoms with Crippen LogP contribution in [0.15, 0.2) is 77.6 Å². The van der Waals surface area contributed by atoms with Gasteiger partial charge in [-0.25, -0.2) is 9.55 Å². The average molecular weight is 617 g/mol. The van der Waals surface area contributed by atoms with Crippen molar-refractivity contribution < 1.29 is 9.59 Å². The van der Waals surface area contributed by atoms with Crippen LogP contribution < -0.4 is 15.8 Å². The quantitative estimate of drug-likeness (QED) is 0.305. The zero-order chi connectivity index (χ0) is 30.2. The third-order valence-electron chi connectivity index (χ3n) is 8.33. The summed E-state index contributed by atoms with van der Waals surface area (Å²) in [5, 5.41) is 3.32. The van der Waals surface area contributed by atoms with Gasteiger partial charge in [-0.15, -0.1) is 0 Å². The highest BCUT2D eigenvalue weighted by molar-refractivity contribution is 6.42. The molecular weight excluding hydrogens is 585 g/mol. The highest BCUT2D eigenvalue weighted by Crippen LogP contribution is 2.37. The van der Waals surface area contributed by atoms with Gasteiger partial charge in [-0.3, -0.25) is 14.4 Å². The van der Waals surface area contributed by atoms with Crippen LogP contribution in [0.5, 0.6) is 0 Å². The number of fused-ring (bicyclic) bond motifs is 1. The molecule has 0 bridgehead atoms. The smallest absolute Gasteiger partial charge is 0.263 e. The van der Waals surface area contributed by atoms with Gasteiger partial charge < -0.3 is 15.1 Å². The number of nitrogens with one attached hydrogen (secondary N) is 1. The van der Waals surface area contributed by atoms with Crippen LogP contribution in [0.2, 0.25) is 10.0 Å². The Labute approximate surface area is 259 Å². The van der Waals surface area contributed by atoms with Crippen molar-refractivity contribution >= 4 is 41.0 Å². The number of carbonyl (C=O) groups excluding carboxylic acids is 2. The summed E-state index contributed by atoms with van der Waals surface area (Å²) >= 11 is 12.3. The minimum atomic E-state index is -0.247. The summed E-state index contributed by atoms with van der Waals surface area (Å²) in [6.07, 6.45) is 2.22. The molecule has 1 saturated heterocycles. The van der Waals surface area contributed by atoms with E-state index in [9.17, 15) is 14.4 Å². The number of halogens is 2. The first kappa shape index (κ1) is 29.0. The molecule has 3 aromatic carbocycles. The molecule has 1 aromatic heterocycles. The fraction of sp³-hybridized carbons (Fsp3) is 0.273. The van der Waals surface area contributed by atoms with Crippen LogP contribution in [0.3, 0.4) is 0 Å². The van der Waals surface area contributed by atoms with Gasteiger partial charge >= 0.3 is 0 Å². The maximum atomic E-state index is 14.4. The van der Waals surface area contributed by atoms with Gasteiger partial charge in [0.15, 0.2) is 0 Å². The van der Waals surface area contributed by atoms with Crippen molar-refractivity contribution in [2.24, 2.45) is 0 Å². The van der Waals surface area contributed by atoms with Gasteiger partial charge in [0.25, 0.3) is 17.4 Å². The van der Waals surface area contributed by atoms with E-state index < -0.39 is 0 Å². The largest absolute Gasteiger partial charge is 0.355 e. The summed E-state index contributed by atoms with van der Waals surface area (Å²) in [4.78, 5) is 49.3. The van der Waals surface area contributed by atoms with Gasteiger partial charge in [0.05, 0.1) is 34.0 Å². The molecule has 3 heterocycles. The van der Waals surface area contributed by atoms with Crippen LogP contribution in [-0.2, 0) is 13.0 Å². The highest BCUT2D eigenvalue weighted by Gasteiger charge is 2.35. The minimum absolute atomic E-state index is 0.0407. The van der Waals surface area contributed by atoms with Crippen molar-refractivity contribution in [3.63, 3.8) is 0 Å². The number of rotatable bonds is 5. The van der Waals surface area contributed by atoms with Gasteiger partial charge in [0, 0.05) is 36.3 Å². The lowest BCUT2D eigenvalue weighted by Gasteiger charge is -2.36. The lowest BCUT2D eigenvalue weighted by atomic mass is 9.98. The van der Waals surface area contributed by atoms with Gasteiger partial charge in [-0.1, -0.05) is 53.5 Å². The Morgan fingerprint density at radius 2 is 1.67 bits per heavy atom. The number of hydrogen-bond acceptors (Lipinski definition) is 5. The van der Waals surface area contributed by atoms with E-state index in [-0.39, 0.29) is 36.0 Å². The van der Waals surface area contributed by atoms with E-state index in [2.05, 4.69) is 22.3 Å². The average Bonchev–Trinajstić information content (AvgIpc) is 3.52. The lowest BCUT2D eigenvalue weighted by Crippen LogP contribution is -2.46. The second kappa shape index (κ2) is 11.9. The van der Waals surface area contributed by atoms with Crippen LogP contribution in [0.25, 0.3) is 5.69 Å². The first-order chi connectivity index (χ1) is 20.8. The molecule has 2 amide bonds. The maximum absolute atomic E-state index is 14.4. The number of carbonyl (C=O) groups is 2. The van der Waals surface area contributed by atoms with E-state index in [0.717, 1.165) is 24.9 Å². The Hall–Kier alpha value is -4.14. The van der Waals surface area contributed by atoms with Gasteiger partial charge in [0.1, 0.15) is 0 Å². The third kappa shape index (κ3) is 5.41. The molecule has 10 heteroatoms. The van der Waals surface area contributed by atoms with Crippen molar-refractivity contribution in [3.05, 3.63) is 121 Å². The normalized spacial score (nSPS) is 18.0. The Morgan fingerprint density at radius 3 is 2.37 bits per heavy atom. The Morgan fingerprint density at radius 1 is 0.953 bits per heavy atom. The summed E-state index contributed by atoms with van der Waals surface area (Å²) in [6.45, 7) is 2.85. The van der Waals surface area contributed by atoms with Crippen LogP contribution in [0.4, 0.5) is 5.95 Å². The molecule has 43 heavy (non-hydrogen) atoms. The fourth-order valence-electron chi connectivity index (χ4n) is 6.07. The standard InChI is InChI=1S/C33H31Cl2N5O3/c1-20-17-25-28(19-39(20)31(42)23-12-15-26(34)27(35)18-23)37-33(38-16-6-9-29(38)21-7-4-3-5-8-21)40(32(25)43)24-13-10-22(11-14-24)30(41)36-2/h3-5,7-8,10-15,18,20,29H,6,9,16-17,19H2,1-2H3,(H,36,41)/t20-,29-/m1/s1. The Bertz CT molecular complexity index is 1760. The van der Waals surface area contributed by atoms with E-state index in [1.807, 2.05) is 25.1 Å². The minimum Gasteiger partial charge on any atom is -0.355 e. The number of nitrogens with zero attached hydrogens (tertiary/aromatic N) is 4. The molecule has 0 aliphatic carbocycles. The molecule has 1 fully saturated rings. The van der Waals surface area contributed by atoms with Crippen LogP contribution in [0, 0.1) is 0 Å². The first-order valence-electron chi connectivity index (χ1n) is 14.3. The number of amides is 2. The molecule has 0 saturated carbocycles. The summed E-state index contributed by atoms with van der Waals surface area (Å²) in [7, 11) is 1.58. The summed E-state index contributed by atoms with van der Waals surface area (Å²) in [5.74, 6) is 0.128. The molecule has 2 atom stereocenters. The van der Waals surface area contributed by atoms with E-state index >= 15 is 0 Å². The van der Waals surface area contributed by atoms with Crippen molar-refractivity contribution in [2.45, 2.75) is 44.8 Å². The number of benzene rings is 3. The monoisotopic (exact) mass is 615 g/mol. The van der Waals surface area contributed by atoms with Crippen LogP contribution in [0.1, 0.15) is 63.3 Å². The van der Waals surface area contributed by atoms with Crippen molar-refractivity contribution in [3.8, 4) is 5.69 Å². The second-order valence-electron chi connectivity index (χ2n) is 11.0. The molecule has 6 rings (SSSR count). The number of aromatic nitrogens is 2. The Balaban J connectivity index is 1.46. The number of anilines is 1. The molecule has 220 valence electrons. The predicted octanol–water partition coefficient (Wildman–Crippen LogP) is 5.83. The molecule has 0 spiro atoms. The first-order valence-corrected chi connectivity index (χ1v) is 15.1. The highest BCUT2D eigenvalue weighted by atomic mass is 35.5. The summed E-state index contributed by atoms with van der Waals surface area (Å²) in [5.41, 5.74) is 3.71. The molecule has 0 unspecified atom stereocenters. The zero-order valence-electron chi connectivity index (χ0n) is 23.9. The lowest BCUT2D eigenvalue weighted by molar-refractivity contribution is 0.0653. The maximum Gasteiger partial charge on any atom is 0.263 e. The number of hydrogen-bond donors (Lipinski definition) is 1. The van der Waals surface area contributed by atoms with Crippen molar-refractivity contribution in [1.29, 1.82) is 0 Å². The molecule has 4 aromatic rings. The topological polar surface area (TPSA) is 87.5 Å². The van der Waals surface area contributed by atoms with Crippen LogP contribution >= 0.6 is 23.2 Å². The van der Waals surface area contributed by atoms with Crippen LogP contribution in [-0.4, -0.2) is 45.9 Å². The third-order valence-corrected chi connectivity index (χ3v) is 9.07. The fourth-order valence-corrected chi connectivity index (χ4v) is 6.37. The van der Waals surface area contributed by atoms with Crippen molar-refractivity contribution in [2.75, 3.05) is 18.5 Å². The van der Waals surface area contributed by atoms with E-state index in [1.165, 1.54) is 0 Å². The molecule has 2 aliphatic rings. The zero-order valence-corrected chi connectivity index (χ0v) is 25.4. The molecule has 1 N–H and O–H groups in total. The van der Waals surface area contributed by atoms with Crippen molar-refractivity contribution in [1.82, 2.24) is 19.8 Å². The molecule has 8 nitrogen and oxygen atoms in total. The summed E-state index contributed by atoms with van der Waals surface area (Å²) < 4.78 is 1.66. The second-order valence-corrected chi connectivity index (χ2v) is 11.8. The molecule has 0 radical (unpaired) electrons. The molecule has 2 aliphatic heterocycles. The Kier molecular flexibility index (Phi) is 7.99. The van der Waals surface area contributed by atoms with E-state index in [1.54, 1.807) is 59.0 Å². The van der Waals surface area contributed by atoms with Gasteiger partial charge in [-0.2, -0.15) is 0 Å². The van der Waals surface area contributed by atoms with E-state index in [0.29, 0.717) is 50.5 Å². The SMILES string of the molecule is CNC(=O)c1ccc(-n2c(N3CCC[C@@H]3c3ccccc3)nc3c(c2=O)C[C@@H](C)N(C(=O)c2ccc(Cl)c(Cl)c2)C3)cc1. The van der Waals surface area contributed by atoms with E-state index in [4.69, 9.17) is 28.2 Å².